The van der Waals surface area contributed by atoms with Gasteiger partial charge in [0.05, 0.1) is 17.5 Å². The second-order valence-corrected chi connectivity index (χ2v) is 7.07. The third-order valence-electron chi connectivity index (χ3n) is 5.03. The molecule has 0 saturated carbocycles. The van der Waals surface area contributed by atoms with Crippen LogP contribution in [0.15, 0.2) is 41.2 Å². The van der Waals surface area contributed by atoms with E-state index in [-0.39, 0.29) is 24.3 Å². The number of aryl methyl sites for hydroxylation is 2. The second kappa shape index (κ2) is 7.50. The van der Waals surface area contributed by atoms with Crippen LogP contribution in [0.1, 0.15) is 22.6 Å². The molecule has 1 aliphatic heterocycles. The average Bonchev–Trinajstić information content (AvgIpc) is 3.34. The SMILES string of the molecule is Cc1noc(C)c1C[n+]1cc(N2C(=O)CN(CCc3cccc(F)c3)C2=O)c[nH]1. The summed E-state index contributed by atoms with van der Waals surface area (Å²) in [6.07, 6.45) is 3.80. The first kappa shape index (κ1) is 18.9. The molecular formula is C20H21FN5O3+. The fourth-order valence-electron chi connectivity index (χ4n) is 3.43. The number of halogens is 1. The van der Waals surface area contributed by atoms with E-state index in [9.17, 15) is 14.0 Å². The number of aromatic amines is 1. The molecule has 3 aromatic rings. The normalized spacial score (nSPS) is 14.3. The predicted molar refractivity (Wildman–Crippen MR) is 101 cm³/mol. The summed E-state index contributed by atoms with van der Waals surface area (Å²) in [5, 5.41) is 6.97. The molecule has 1 aliphatic rings. The summed E-state index contributed by atoms with van der Waals surface area (Å²) in [5.74, 6) is 0.115. The van der Waals surface area contributed by atoms with E-state index in [1.54, 1.807) is 29.2 Å². The molecule has 4 rings (SSSR count). The van der Waals surface area contributed by atoms with E-state index in [0.29, 0.717) is 25.2 Å². The van der Waals surface area contributed by atoms with Gasteiger partial charge in [-0.15, -0.1) is 4.68 Å². The van der Waals surface area contributed by atoms with Crippen LogP contribution >= 0.6 is 0 Å². The molecule has 0 unspecified atom stereocenters. The van der Waals surface area contributed by atoms with Crippen LogP contribution in [0.3, 0.4) is 0 Å². The van der Waals surface area contributed by atoms with Gasteiger partial charge in [-0.25, -0.2) is 14.1 Å². The van der Waals surface area contributed by atoms with Gasteiger partial charge < -0.3 is 9.42 Å². The lowest BCUT2D eigenvalue weighted by Gasteiger charge is -2.15. The molecule has 3 heterocycles. The second-order valence-electron chi connectivity index (χ2n) is 7.07. The van der Waals surface area contributed by atoms with Crippen LogP contribution in [-0.2, 0) is 17.8 Å². The van der Waals surface area contributed by atoms with Gasteiger partial charge in [-0.1, -0.05) is 17.3 Å². The highest BCUT2D eigenvalue weighted by molar-refractivity contribution is 6.19. The number of aromatic nitrogens is 3. The Hall–Kier alpha value is -3.49. The fourth-order valence-corrected chi connectivity index (χ4v) is 3.43. The van der Waals surface area contributed by atoms with Crippen LogP contribution in [0.2, 0.25) is 0 Å². The number of urea groups is 1. The molecule has 1 aromatic carbocycles. The molecule has 0 spiro atoms. The molecule has 9 heteroatoms. The standard InChI is InChI=1S/C20H20FN5O3/c1-13-18(14(2)29-23-13)11-25-10-17(9-22-25)26-19(27)12-24(20(26)28)7-6-15-4-3-5-16(21)8-15/h3-5,8-10H,6-7,11-12H2,1-2H3/p+1. The minimum absolute atomic E-state index is 0.00317. The summed E-state index contributed by atoms with van der Waals surface area (Å²) in [5.41, 5.74) is 2.99. The van der Waals surface area contributed by atoms with Gasteiger partial charge in [0, 0.05) is 6.54 Å². The first-order valence-corrected chi connectivity index (χ1v) is 9.28. The number of nitrogens with zero attached hydrogens (tertiary/aromatic N) is 4. The lowest BCUT2D eigenvalue weighted by molar-refractivity contribution is -0.742. The zero-order valence-electron chi connectivity index (χ0n) is 16.2. The Kier molecular flexibility index (Phi) is 4.87. The summed E-state index contributed by atoms with van der Waals surface area (Å²) in [7, 11) is 0. The molecule has 0 bridgehead atoms. The van der Waals surface area contributed by atoms with Crippen molar-refractivity contribution < 1.29 is 23.2 Å². The van der Waals surface area contributed by atoms with Crippen molar-refractivity contribution in [1.82, 2.24) is 15.2 Å². The number of amides is 3. The third-order valence-corrected chi connectivity index (χ3v) is 5.03. The lowest BCUT2D eigenvalue weighted by Crippen LogP contribution is -2.37. The molecule has 0 atom stereocenters. The smallest absolute Gasteiger partial charge is 0.332 e. The molecule has 1 fully saturated rings. The summed E-state index contributed by atoms with van der Waals surface area (Å²) >= 11 is 0. The Balaban J connectivity index is 1.44. The zero-order valence-corrected chi connectivity index (χ0v) is 16.2. The molecule has 29 heavy (non-hydrogen) atoms. The summed E-state index contributed by atoms with van der Waals surface area (Å²) in [4.78, 5) is 27.8. The quantitative estimate of drug-likeness (QED) is 0.509. The summed E-state index contributed by atoms with van der Waals surface area (Å²) in [6, 6.07) is 5.86. The lowest BCUT2D eigenvalue weighted by atomic mass is 10.1. The number of imide groups is 1. The minimum Gasteiger partial charge on any atom is -0.361 e. The van der Waals surface area contributed by atoms with Crippen molar-refractivity contribution in [1.29, 1.82) is 0 Å². The maximum atomic E-state index is 13.3. The molecule has 150 valence electrons. The number of carbonyl (C=O) groups excluding carboxylic acids is 2. The first-order chi connectivity index (χ1) is 13.9. The minimum atomic E-state index is -0.380. The molecule has 3 amide bonds. The number of H-pyrrole nitrogens is 1. The van der Waals surface area contributed by atoms with Crippen molar-refractivity contribution in [2.24, 2.45) is 0 Å². The number of rotatable bonds is 6. The van der Waals surface area contributed by atoms with Crippen LogP contribution in [0, 0.1) is 19.7 Å². The predicted octanol–water partition coefficient (Wildman–Crippen LogP) is 2.11. The van der Waals surface area contributed by atoms with E-state index in [0.717, 1.165) is 27.5 Å². The van der Waals surface area contributed by atoms with Gasteiger partial charge in [-0.2, -0.15) is 5.10 Å². The molecular weight excluding hydrogens is 377 g/mol. The number of anilines is 1. The molecule has 1 N–H and O–H groups in total. The Morgan fingerprint density at radius 2 is 2.14 bits per heavy atom. The van der Waals surface area contributed by atoms with Crippen LogP contribution in [0.4, 0.5) is 14.9 Å². The molecule has 0 radical (unpaired) electrons. The van der Waals surface area contributed by atoms with Crippen molar-refractivity contribution in [2.75, 3.05) is 18.0 Å². The van der Waals surface area contributed by atoms with E-state index < -0.39 is 0 Å². The van der Waals surface area contributed by atoms with Gasteiger partial charge in [0.1, 0.15) is 23.8 Å². The summed E-state index contributed by atoms with van der Waals surface area (Å²) < 4.78 is 20.2. The Morgan fingerprint density at radius 1 is 1.31 bits per heavy atom. The van der Waals surface area contributed by atoms with E-state index in [1.165, 1.54) is 17.0 Å². The van der Waals surface area contributed by atoms with Crippen LogP contribution in [-0.4, -0.2) is 40.2 Å². The van der Waals surface area contributed by atoms with Gasteiger partial charge in [0.2, 0.25) is 12.7 Å². The highest BCUT2D eigenvalue weighted by Crippen LogP contribution is 2.20. The number of carbonyl (C=O) groups is 2. The monoisotopic (exact) mass is 398 g/mol. The van der Waals surface area contributed by atoms with Gasteiger partial charge >= 0.3 is 6.03 Å². The maximum Gasteiger partial charge on any atom is 0.332 e. The molecule has 1 saturated heterocycles. The molecule has 2 aromatic heterocycles. The van der Waals surface area contributed by atoms with Gasteiger partial charge in [-0.3, -0.25) is 4.79 Å². The van der Waals surface area contributed by atoms with Crippen LogP contribution in [0.25, 0.3) is 0 Å². The number of hydrogen-bond acceptors (Lipinski definition) is 4. The zero-order chi connectivity index (χ0) is 20.5. The molecule has 8 nitrogen and oxygen atoms in total. The van der Waals surface area contributed by atoms with Crippen molar-refractivity contribution in [3.63, 3.8) is 0 Å². The van der Waals surface area contributed by atoms with Crippen molar-refractivity contribution in [3.05, 3.63) is 65.1 Å². The van der Waals surface area contributed by atoms with Crippen molar-refractivity contribution in [3.8, 4) is 0 Å². The van der Waals surface area contributed by atoms with E-state index >= 15 is 0 Å². The van der Waals surface area contributed by atoms with Crippen LogP contribution < -0.4 is 9.58 Å². The number of benzene rings is 1. The largest absolute Gasteiger partial charge is 0.361 e. The van der Waals surface area contributed by atoms with Gasteiger partial charge in [-0.05, 0) is 38.0 Å². The third kappa shape index (κ3) is 3.75. The Labute approximate surface area is 166 Å². The Bertz CT molecular complexity index is 1050. The highest BCUT2D eigenvalue weighted by Gasteiger charge is 2.38. The molecule has 0 aliphatic carbocycles. The van der Waals surface area contributed by atoms with Crippen molar-refractivity contribution in [2.45, 2.75) is 26.8 Å². The van der Waals surface area contributed by atoms with Crippen molar-refractivity contribution >= 4 is 17.6 Å². The van der Waals surface area contributed by atoms with Gasteiger partial charge in [0.15, 0.2) is 0 Å². The van der Waals surface area contributed by atoms with E-state index in [2.05, 4.69) is 10.3 Å². The highest BCUT2D eigenvalue weighted by atomic mass is 19.1. The van der Waals surface area contributed by atoms with E-state index in [4.69, 9.17) is 4.52 Å². The topological polar surface area (TPSA) is 86.3 Å². The summed E-state index contributed by atoms with van der Waals surface area (Å²) in [6.45, 7) is 4.53. The van der Waals surface area contributed by atoms with Gasteiger partial charge in [0.25, 0.3) is 5.91 Å². The van der Waals surface area contributed by atoms with E-state index in [1.807, 2.05) is 13.8 Å². The number of nitrogens with one attached hydrogen (secondary N) is 1. The average molecular weight is 398 g/mol. The van der Waals surface area contributed by atoms with Crippen LogP contribution in [0.5, 0.6) is 0 Å². The first-order valence-electron chi connectivity index (χ1n) is 9.28. The number of hydrogen-bond donors (Lipinski definition) is 1. The fraction of sp³-hybridized carbons (Fsp3) is 0.300. The Morgan fingerprint density at radius 3 is 2.86 bits per heavy atom. The maximum absolute atomic E-state index is 13.3.